The van der Waals surface area contributed by atoms with Gasteiger partial charge in [0.15, 0.2) is 0 Å². The van der Waals surface area contributed by atoms with Crippen molar-refractivity contribution in [2.45, 2.75) is 19.9 Å². The summed E-state index contributed by atoms with van der Waals surface area (Å²) in [7, 11) is 0. The molecule has 0 saturated carbocycles. The maximum absolute atomic E-state index is 3.90. The highest BCUT2D eigenvalue weighted by Gasteiger charge is 2.08. The Morgan fingerprint density at radius 1 is 1.25 bits per heavy atom. The normalized spacial score (nSPS) is 12.3. The minimum Gasteiger partial charge on any atom is -0.378 e. The first-order valence-electron chi connectivity index (χ1n) is 6.39. The maximum Gasteiger partial charge on any atom is 0.143 e. The highest BCUT2D eigenvalue weighted by Crippen LogP contribution is 2.26. The average Bonchev–Trinajstić information content (AvgIpc) is 3.10. The lowest BCUT2D eigenvalue weighted by Crippen LogP contribution is -2.05. The van der Waals surface area contributed by atoms with Crippen LogP contribution < -0.4 is 5.32 Å². The minimum atomic E-state index is 0.276. The fourth-order valence-corrected chi connectivity index (χ4v) is 2.90. The molecule has 1 N–H and O–H groups in total. The van der Waals surface area contributed by atoms with Gasteiger partial charge in [0.1, 0.15) is 6.33 Å². The van der Waals surface area contributed by atoms with Crippen molar-refractivity contribution in [3.05, 3.63) is 52.5 Å². The Labute approximate surface area is 121 Å². The lowest BCUT2D eigenvalue weighted by atomic mass is 10.2. The second kappa shape index (κ2) is 5.42. The second-order valence-corrected chi connectivity index (χ2v) is 5.94. The highest BCUT2D eigenvalue weighted by molar-refractivity contribution is 7.12. The quantitative estimate of drug-likeness (QED) is 0.799. The molecular weight excluding hydrogens is 270 g/mol. The summed E-state index contributed by atoms with van der Waals surface area (Å²) in [5.74, 6) is 0. The van der Waals surface area contributed by atoms with Gasteiger partial charge in [0.2, 0.25) is 0 Å². The third-order valence-electron chi connectivity index (χ3n) is 3.03. The number of hydrogen-bond acceptors (Lipinski definition) is 5. The van der Waals surface area contributed by atoms with E-state index in [0.29, 0.717) is 0 Å². The van der Waals surface area contributed by atoms with Crippen LogP contribution in [0.1, 0.15) is 22.7 Å². The number of nitrogens with zero attached hydrogens (tertiary/aromatic N) is 4. The predicted octanol–water partition coefficient (Wildman–Crippen LogP) is 3.21. The van der Waals surface area contributed by atoms with Crippen LogP contribution in [0.25, 0.3) is 5.69 Å². The van der Waals surface area contributed by atoms with Gasteiger partial charge in [-0.25, -0.2) is 4.68 Å². The lowest BCUT2D eigenvalue weighted by Gasteiger charge is -2.14. The fourth-order valence-electron chi connectivity index (χ4n) is 2.03. The van der Waals surface area contributed by atoms with Crippen LogP contribution in [0.3, 0.4) is 0 Å². The van der Waals surface area contributed by atoms with Gasteiger partial charge >= 0.3 is 0 Å². The molecule has 5 nitrogen and oxygen atoms in total. The SMILES string of the molecule is Cc1ccc(C(C)Nc2cccc(-n3cnnn3)c2)s1. The lowest BCUT2D eigenvalue weighted by molar-refractivity contribution is 0.788. The number of benzene rings is 1. The van der Waals surface area contributed by atoms with E-state index in [1.807, 2.05) is 35.6 Å². The molecule has 1 aromatic carbocycles. The first kappa shape index (κ1) is 12.8. The molecule has 0 saturated heterocycles. The Balaban J connectivity index is 1.79. The zero-order chi connectivity index (χ0) is 13.9. The zero-order valence-corrected chi connectivity index (χ0v) is 12.1. The topological polar surface area (TPSA) is 55.6 Å². The van der Waals surface area contributed by atoms with Crippen LogP contribution in [-0.2, 0) is 0 Å². The maximum atomic E-state index is 3.90. The molecule has 1 atom stereocenters. The molecule has 6 heteroatoms. The minimum absolute atomic E-state index is 0.276. The summed E-state index contributed by atoms with van der Waals surface area (Å²) in [5.41, 5.74) is 1.99. The molecule has 0 amide bonds. The number of tetrazole rings is 1. The fraction of sp³-hybridized carbons (Fsp3) is 0.214. The van der Waals surface area contributed by atoms with Crippen molar-refractivity contribution in [1.29, 1.82) is 0 Å². The average molecular weight is 285 g/mol. The van der Waals surface area contributed by atoms with E-state index in [4.69, 9.17) is 0 Å². The third-order valence-corrected chi connectivity index (χ3v) is 4.21. The first-order valence-corrected chi connectivity index (χ1v) is 7.20. The number of thiophene rings is 1. The molecule has 0 aliphatic heterocycles. The summed E-state index contributed by atoms with van der Waals surface area (Å²) >= 11 is 1.82. The second-order valence-electron chi connectivity index (χ2n) is 4.62. The molecule has 102 valence electrons. The Morgan fingerprint density at radius 3 is 2.85 bits per heavy atom. The largest absolute Gasteiger partial charge is 0.378 e. The number of hydrogen-bond donors (Lipinski definition) is 1. The molecule has 0 fully saturated rings. The van der Waals surface area contributed by atoms with E-state index in [2.05, 4.69) is 46.8 Å². The molecule has 3 rings (SSSR count). The van der Waals surface area contributed by atoms with Crippen LogP contribution >= 0.6 is 11.3 Å². The van der Waals surface area contributed by atoms with Gasteiger partial charge in [0, 0.05) is 15.4 Å². The van der Waals surface area contributed by atoms with Crippen molar-refractivity contribution >= 4 is 17.0 Å². The smallest absolute Gasteiger partial charge is 0.143 e. The van der Waals surface area contributed by atoms with E-state index >= 15 is 0 Å². The predicted molar refractivity (Wildman–Crippen MR) is 80.2 cm³/mol. The van der Waals surface area contributed by atoms with Gasteiger partial charge in [-0.3, -0.25) is 0 Å². The van der Waals surface area contributed by atoms with Crippen LogP contribution in [-0.4, -0.2) is 20.2 Å². The van der Waals surface area contributed by atoms with Crippen molar-refractivity contribution in [3.63, 3.8) is 0 Å². The van der Waals surface area contributed by atoms with Crippen molar-refractivity contribution in [3.8, 4) is 5.69 Å². The van der Waals surface area contributed by atoms with Crippen molar-refractivity contribution in [2.24, 2.45) is 0 Å². The Kier molecular flexibility index (Phi) is 3.47. The molecular formula is C14H15N5S. The summed E-state index contributed by atoms with van der Waals surface area (Å²) in [5, 5.41) is 14.7. The zero-order valence-electron chi connectivity index (χ0n) is 11.3. The van der Waals surface area contributed by atoms with Gasteiger partial charge in [-0.1, -0.05) is 6.07 Å². The number of nitrogens with one attached hydrogen (secondary N) is 1. The summed E-state index contributed by atoms with van der Waals surface area (Å²) in [4.78, 5) is 2.66. The van der Waals surface area contributed by atoms with Crippen LogP contribution in [0.2, 0.25) is 0 Å². The monoisotopic (exact) mass is 285 g/mol. The van der Waals surface area contributed by atoms with Gasteiger partial charge in [-0.2, -0.15) is 0 Å². The summed E-state index contributed by atoms with van der Waals surface area (Å²) in [6.07, 6.45) is 1.59. The van der Waals surface area contributed by atoms with E-state index in [-0.39, 0.29) is 6.04 Å². The molecule has 0 bridgehead atoms. The van der Waals surface area contributed by atoms with Crippen LogP contribution in [0, 0.1) is 6.92 Å². The number of rotatable bonds is 4. The van der Waals surface area contributed by atoms with E-state index in [0.717, 1.165) is 11.4 Å². The summed E-state index contributed by atoms with van der Waals surface area (Å²) < 4.78 is 1.64. The number of aromatic nitrogens is 4. The molecule has 2 aromatic heterocycles. The molecule has 0 aliphatic rings. The molecule has 0 radical (unpaired) electrons. The molecule has 0 aliphatic carbocycles. The molecule has 2 heterocycles. The van der Waals surface area contributed by atoms with Crippen LogP contribution in [0.5, 0.6) is 0 Å². The van der Waals surface area contributed by atoms with Gasteiger partial charge in [0.25, 0.3) is 0 Å². The van der Waals surface area contributed by atoms with Crippen molar-refractivity contribution in [2.75, 3.05) is 5.32 Å². The number of anilines is 1. The van der Waals surface area contributed by atoms with Crippen LogP contribution in [0.15, 0.2) is 42.7 Å². The van der Waals surface area contributed by atoms with E-state index in [1.54, 1.807) is 11.0 Å². The van der Waals surface area contributed by atoms with Crippen LogP contribution in [0.4, 0.5) is 5.69 Å². The molecule has 0 spiro atoms. The first-order chi connectivity index (χ1) is 9.72. The van der Waals surface area contributed by atoms with Gasteiger partial charge in [-0.15, -0.1) is 16.4 Å². The Hall–Kier alpha value is -2.21. The summed E-state index contributed by atoms with van der Waals surface area (Å²) in [6.45, 7) is 4.29. The van der Waals surface area contributed by atoms with E-state index in [1.165, 1.54) is 9.75 Å². The Bertz CT molecular complexity index is 689. The molecule has 20 heavy (non-hydrogen) atoms. The van der Waals surface area contributed by atoms with Crippen molar-refractivity contribution < 1.29 is 0 Å². The van der Waals surface area contributed by atoms with E-state index < -0.39 is 0 Å². The molecule has 1 unspecified atom stereocenters. The standard InChI is InChI=1S/C14H15N5S/c1-10-6-7-14(20-10)11(2)16-12-4-3-5-13(8-12)19-9-15-17-18-19/h3-9,11,16H,1-2H3. The van der Waals surface area contributed by atoms with E-state index in [9.17, 15) is 0 Å². The Morgan fingerprint density at radius 2 is 2.15 bits per heavy atom. The number of aryl methyl sites for hydroxylation is 1. The van der Waals surface area contributed by atoms with Gasteiger partial charge in [0.05, 0.1) is 11.7 Å². The summed E-state index contributed by atoms with van der Waals surface area (Å²) in [6, 6.07) is 12.6. The highest BCUT2D eigenvalue weighted by atomic mass is 32.1. The van der Waals surface area contributed by atoms with Gasteiger partial charge < -0.3 is 5.32 Å². The van der Waals surface area contributed by atoms with Gasteiger partial charge in [-0.05, 0) is 54.6 Å². The van der Waals surface area contributed by atoms with Crippen molar-refractivity contribution in [1.82, 2.24) is 20.2 Å². The molecule has 3 aromatic rings. The third kappa shape index (κ3) is 2.70.